The number of aromatic hydroxyl groups is 1. The summed E-state index contributed by atoms with van der Waals surface area (Å²) in [5, 5.41) is 9.42. The molecule has 3 aliphatic rings. The van der Waals surface area contributed by atoms with Gasteiger partial charge in [-0.25, -0.2) is 9.98 Å². The summed E-state index contributed by atoms with van der Waals surface area (Å²) in [4.78, 5) is 29.2. The summed E-state index contributed by atoms with van der Waals surface area (Å²) in [5.41, 5.74) is 1.57. The van der Waals surface area contributed by atoms with E-state index in [1.54, 1.807) is 24.1 Å². The number of carbonyl (C=O) groups excluding carboxylic acids is 1. The van der Waals surface area contributed by atoms with E-state index in [-0.39, 0.29) is 17.7 Å². The van der Waals surface area contributed by atoms with E-state index >= 15 is 0 Å². The van der Waals surface area contributed by atoms with E-state index in [0.717, 1.165) is 30.2 Å². The van der Waals surface area contributed by atoms with E-state index in [2.05, 4.69) is 9.88 Å². The van der Waals surface area contributed by atoms with Crippen molar-refractivity contribution in [2.24, 2.45) is 4.99 Å². The number of hydrogen-bond donors (Lipinski definition) is 2. The minimum atomic E-state index is -0.0885. The van der Waals surface area contributed by atoms with Gasteiger partial charge in [-0.1, -0.05) is 12.1 Å². The zero-order valence-corrected chi connectivity index (χ0v) is 13.9. The van der Waals surface area contributed by atoms with Crippen molar-refractivity contribution in [2.75, 3.05) is 11.9 Å². The lowest BCUT2D eigenvalue weighted by molar-refractivity contribution is 0.0859. The first kappa shape index (κ1) is 14.5. The Morgan fingerprint density at radius 2 is 2.08 bits per heavy atom. The molecule has 1 fully saturated rings. The topological polar surface area (TPSA) is 84.8 Å². The maximum absolute atomic E-state index is 12.7. The minimum absolute atomic E-state index is 0.0885. The summed E-state index contributed by atoms with van der Waals surface area (Å²) in [5.74, 6) is 2.35. The van der Waals surface area contributed by atoms with Crippen LogP contribution in [-0.4, -0.2) is 51.0 Å². The number of phenolic OH excluding ortho intramolecular Hbond substituents is 1. The molecule has 7 nitrogen and oxygen atoms in total. The van der Waals surface area contributed by atoms with Crippen LogP contribution >= 0.6 is 0 Å². The van der Waals surface area contributed by atoms with Gasteiger partial charge >= 0.3 is 0 Å². The maximum atomic E-state index is 12.7. The number of nitrogens with one attached hydrogen (secondary N) is 1. The van der Waals surface area contributed by atoms with Crippen molar-refractivity contribution in [3.05, 3.63) is 41.3 Å². The quantitative estimate of drug-likeness (QED) is 0.876. The van der Waals surface area contributed by atoms with Crippen LogP contribution in [0.15, 0.2) is 29.3 Å². The number of fused-ring (bicyclic) bond motifs is 5. The van der Waals surface area contributed by atoms with Gasteiger partial charge in [0.2, 0.25) is 5.96 Å². The number of rotatable bonds is 2. The number of benzene rings is 1. The van der Waals surface area contributed by atoms with Gasteiger partial charge in [-0.05, 0) is 37.0 Å². The molecule has 2 atom stereocenters. The third-order valence-corrected chi connectivity index (χ3v) is 5.36. The fraction of sp³-hybridized carbons (Fsp3) is 0.389. The number of phenols is 1. The highest BCUT2D eigenvalue weighted by Crippen LogP contribution is 2.39. The van der Waals surface area contributed by atoms with E-state index in [9.17, 15) is 9.90 Å². The highest BCUT2D eigenvalue weighted by molar-refractivity contribution is 6.18. The zero-order valence-electron chi connectivity index (χ0n) is 13.9. The minimum Gasteiger partial charge on any atom is -0.508 e. The second kappa shape index (κ2) is 5.08. The van der Waals surface area contributed by atoms with Gasteiger partial charge < -0.3 is 10.1 Å². The summed E-state index contributed by atoms with van der Waals surface area (Å²) >= 11 is 0. The van der Waals surface area contributed by atoms with E-state index < -0.39 is 0 Å². The van der Waals surface area contributed by atoms with Crippen LogP contribution in [0.5, 0.6) is 5.75 Å². The maximum Gasteiger partial charge on any atom is 0.280 e. The Bertz CT molecular complexity index is 885. The van der Waals surface area contributed by atoms with Gasteiger partial charge in [-0.15, -0.1) is 0 Å². The molecular weight excluding hydrogens is 318 g/mol. The van der Waals surface area contributed by atoms with Crippen LogP contribution in [0.1, 0.15) is 41.1 Å². The number of imidazole rings is 1. The molecule has 2 aromatic rings. The van der Waals surface area contributed by atoms with Crippen LogP contribution < -0.4 is 4.90 Å². The lowest BCUT2D eigenvalue weighted by atomic mass is 10.1. The number of nitrogens with zero attached hydrogens (tertiary/aromatic N) is 4. The monoisotopic (exact) mass is 337 g/mol. The number of aromatic nitrogens is 2. The van der Waals surface area contributed by atoms with Gasteiger partial charge in [0.1, 0.15) is 17.3 Å². The molecule has 1 aromatic carbocycles. The summed E-state index contributed by atoms with van der Waals surface area (Å²) in [7, 11) is 1.78. The van der Waals surface area contributed by atoms with Crippen molar-refractivity contribution in [1.82, 2.24) is 14.9 Å². The molecule has 1 aromatic heterocycles. The number of aromatic amines is 1. The molecule has 7 heteroatoms. The Labute approximate surface area is 145 Å². The number of H-pyrrole nitrogens is 1. The lowest BCUT2D eigenvalue weighted by Gasteiger charge is -2.33. The van der Waals surface area contributed by atoms with Gasteiger partial charge in [0.15, 0.2) is 5.82 Å². The second-order valence-corrected chi connectivity index (χ2v) is 6.95. The fourth-order valence-electron chi connectivity index (χ4n) is 4.12. The average molecular weight is 337 g/mol. The third kappa shape index (κ3) is 2.08. The van der Waals surface area contributed by atoms with Crippen LogP contribution in [0.4, 0.5) is 5.82 Å². The number of amides is 1. The highest BCUT2D eigenvalue weighted by Gasteiger charge is 2.48. The molecule has 0 spiro atoms. The van der Waals surface area contributed by atoms with Gasteiger partial charge in [-0.2, -0.15) is 0 Å². The predicted octanol–water partition coefficient (Wildman–Crippen LogP) is 1.89. The summed E-state index contributed by atoms with van der Waals surface area (Å²) in [6.07, 6.45) is 3.91. The molecule has 25 heavy (non-hydrogen) atoms. The van der Waals surface area contributed by atoms with Crippen molar-refractivity contribution in [3.8, 4) is 5.75 Å². The summed E-state index contributed by atoms with van der Waals surface area (Å²) in [6, 6.07) is 7.63. The fourth-order valence-corrected chi connectivity index (χ4v) is 4.12. The summed E-state index contributed by atoms with van der Waals surface area (Å²) in [6.45, 7) is 0. The number of hydrogen-bond acceptors (Lipinski definition) is 5. The molecule has 3 heterocycles. The molecule has 1 amide bonds. The molecule has 1 saturated carbocycles. The standard InChI is InChI=1S/C18H19N5O2/c1-22-17(25)15-16(23-13-4-2-3-12(13)19-18(22)23)21-14(20-15)9-10-5-7-11(24)8-6-10/h5-8,12-13,24H,2-4,9H2,1H3,(H,20,21)/t12-,13+/m1/s1. The number of aliphatic imine (C=N–C) groups is 1. The van der Waals surface area contributed by atoms with Crippen molar-refractivity contribution in [1.29, 1.82) is 0 Å². The number of carbonyl (C=O) groups is 1. The predicted molar refractivity (Wildman–Crippen MR) is 92.9 cm³/mol. The number of guanidine groups is 1. The van der Waals surface area contributed by atoms with Gasteiger partial charge in [0.05, 0.1) is 12.1 Å². The van der Waals surface area contributed by atoms with E-state index in [4.69, 9.17) is 9.98 Å². The molecule has 0 radical (unpaired) electrons. The normalized spacial score (nSPS) is 24.2. The first-order valence-corrected chi connectivity index (χ1v) is 8.63. The Morgan fingerprint density at radius 3 is 2.88 bits per heavy atom. The van der Waals surface area contributed by atoms with Crippen LogP contribution in [0.3, 0.4) is 0 Å². The third-order valence-electron chi connectivity index (χ3n) is 5.36. The number of anilines is 1. The van der Waals surface area contributed by atoms with Crippen molar-refractivity contribution in [2.45, 2.75) is 37.8 Å². The van der Waals surface area contributed by atoms with E-state index in [1.165, 1.54) is 6.42 Å². The van der Waals surface area contributed by atoms with Gasteiger partial charge in [0.25, 0.3) is 5.91 Å². The summed E-state index contributed by atoms with van der Waals surface area (Å²) < 4.78 is 0. The van der Waals surface area contributed by atoms with Crippen molar-refractivity contribution in [3.63, 3.8) is 0 Å². The first-order chi connectivity index (χ1) is 12.1. The largest absolute Gasteiger partial charge is 0.508 e. The highest BCUT2D eigenvalue weighted by atomic mass is 16.3. The molecule has 128 valence electrons. The molecule has 0 unspecified atom stereocenters. The van der Waals surface area contributed by atoms with Crippen LogP contribution in [0, 0.1) is 0 Å². The average Bonchev–Trinajstić information content (AvgIpc) is 3.28. The molecule has 2 N–H and O–H groups in total. The van der Waals surface area contributed by atoms with Gasteiger partial charge in [-0.3, -0.25) is 14.6 Å². The van der Waals surface area contributed by atoms with E-state index in [0.29, 0.717) is 24.0 Å². The van der Waals surface area contributed by atoms with Crippen molar-refractivity contribution < 1.29 is 9.90 Å². The smallest absolute Gasteiger partial charge is 0.280 e. The molecule has 5 rings (SSSR count). The molecule has 0 bridgehead atoms. The molecule has 2 aliphatic heterocycles. The van der Waals surface area contributed by atoms with Crippen LogP contribution in [0.25, 0.3) is 0 Å². The Hall–Kier alpha value is -2.83. The van der Waals surface area contributed by atoms with E-state index in [1.807, 2.05) is 12.1 Å². The molecule has 1 aliphatic carbocycles. The Morgan fingerprint density at radius 1 is 1.28 bits per heavy atom. The zero-order chi connectivity index (χ0) is 17.1. The lowest BCUT2D eigenvalue weighted by Crippen LogP contribution is -2.51. The van der Waals surface area contributed by atoms with Crippen molar-refractivity contribution >= 4 is 17.7 Å². The second-order valence-electron chi connectivity index (χ2n) is 6.95. The van der Waals surface area contributed by atoms with Crippen LogP contribution in [0.2, 0.25) is 0 Å². The molecule has 0 saturated heterocycles. The Balaban J connectivity index is 1.53. The van der Waals surface area contributed by atoms with Crippen LogP contribution in [-0.2, 0) is 6.42 Å². The first-order valence-electron chi connectivity index (χ1n) is 8.63. The molecular formula is C18H19N5O2. The van der Waals surface area contributed by atoms with Gasteiger partial charge in [0, 0.05) is 13.5 Å². The Kier molecular flexibility index (Phi) is 2.95. The SMILES string of the molecule is CN1C(=O)c2[nH]c(Cc3ccc(O)cc3)nc2N2C1=N[C@@H]1CCC[C@@H]12.